The normalized spacial score (nSPS) is 15.8. The van der Waals surface area contributed by atoms with Crippen molar-refractivity contribution in [2.24, 2.45) is 0 Å². The number of anilines is 1. The lowest BCUT2D eigenvalue weighted by molar-refractivity contribution is 0.0942. The molecule has 3 rings (SSSR count). The number of benzene rings is 1. The van der Waals surface area contributed by atoms with Crippen LogP contribution in [0.4, 0.5) is 14.6 Å². The molecule has 156 valence electrons. The van der Waals surface area contributed by atoms with Crippen LogP contribution in [0.1, 0.15) is 28.9 Å². The lowest BCUT2D eigenvalue weighted by Crippen LogP contribution is -2.38. The van der Waals surface area contributed by atoms with E-state index >= 15 is 0 Å². The van der Waals surface area contributed by atoms with E-state index in [9.17, 15) is 22.0 Å². The Kier molecular flexibility index (Phi) is 6.37. The summed E-state index contributed by atoms with van der Waals surface area (Å²) < 4.78 is 58.1. The highest BCUT2D eigenvalue weighted by Gasteiger charge is 2.29. The smallest absolute Gasteiger partial charge is 0.274 e. The Bertz CT molecular complexity index is 1030. The lowest BCUT2D eigenvalue weighted by atomic mass is 10.2. The first kappa shape index (κ1) is 21.4. The minimum Gasteiger partial charge on any atom is -0.493 e. The van der Waals surface area contributed by atoms with E-state index in [1.807, 2.05) is 0 Å². The van der Waals surface area contributed by atoms with Gasteiger partial charge in [0.2, 0.25) is 10.0 Å². The Morgan fingerprint density at radius 3 is 2.55 bits per heavy atom. The SMILES string of the molecule is COc1c(Br)cc(N2CCCCS2(=O)=O)nc1C(=O)NCc1cc(F)cc(F)c1. The van der Waals surface area contributed by atoms with Crippen molar-refractivity contribution >= 4 is 37.7 Å². The fourth-order valence-corrected chi connectivity index (χ4v) is 5.12. The number of aromatic nitrogens is 1. The molecular formula is C18H18BrF2N3O4S. The van der Waals surface area contributed by atoms with Gasteiger partial charge >= 0.3 is 0 Å². The Hall–Kier alpha value is -2.27. The highest BCUT2D eigenvalue weighted by molar-refractivity contribution is 9.10. The van der Waals surface area contributed by atoms with E-state index in [4.69, 9.17) is 4.74 Å². The molecule has 11 heteroatoms. The molecule has 1 aliphatic rings. The van der Waals surface area contributed by atoms with Gasteiger partial charge in [0.15, 0.2) is 11.4 Å². The highest BCUT2D eigenvalue weighted by atomic mass is 79.9. The molecule has 0 aliphatic carbocycles. The number of nitrogens with zero attached hydrogens (tertiary/aromatic N) is 2. The van der Waals surface area contributed by atoms with Crippen molar-refractivity contribution in [1.29, 1.82) is 0 Å². The molecule has 1 aromatic carbocycles. The summed E-state index contributed by atoms with van der Waals surface area (Å²) in [6, 6.07) is 4.40. The largest absolute Gasteiger partial charge is 0.493 e. The second-order valence-corrected chi connectivity index (χ2v) is 9.27. The molecule has 29 heavy (non-hydrogen) atoms. The summed E-state index contributed by atoms with van der Waals surface area (Å²) in [5, 5.41) is 2.52. The quantitative estimate of drug-likeness (QED) is 0.697. The summed E-state index contributed by atoms with van der Waals surface area (Å²) >= 11 is 3.28. The molecule has 1 fully saturated rings. The number of hydrogen-bond acceptors (Lipinski definition) is 5. The fraction of sp³-hybridized carbons (Fsp3) is 0.333. The van der Waals surface area contributed by atoms with E-state index in [-0.39, 0.29) is 41.7 Å². The second kappa shape index (κ2) is 8.62. The van der Waals surface area contributed by atoms with Gasteiger partial charge in [-0.25, -0.2) is 22.2 Å². The van der Waals surface area contributed by atoms with Crippen LogP contribution in [0.25, 0.3) is 0 Å². The molecule has 1 aliphatic heterocycles. The highest BCUT2D eigenvalue weighted by Crippen LogP contribution is 2.33. The molecule has 0 spiro atoms. The number of ether oxygens (including phenoxy) is 1. The van der Waals surface area contributed by atoms with Gasteiger partial charge in [-0.05, 0) is 52.5 Å². The van der Waals surface area contributed by atoms with Crippen LogP contribution in [0.3, 0.4) is 0 Å². The molecule has 7 nitrogen and oxygen atoms in total. The Morgan fingerprint density at radius 1 is 1.24 bits per heavy atom. The van der Waals surface area contributed by atoms with Gasteiger partial charge in [0, 0.05) is 19.2 Å². The lowest BCUT2D eigenvalue weighted by Gasteiger charge is -2.28. The molecule has 0 saturated carbocycles. The molecule has 1 N–H and O–H groups in total. The number of sulfonamides is 1. The number of amides is 1. The molecule has 0 atom stereocenters. The summed E-state index contributed by atoms with van der Waals surface area (Å²) in [7, 11) is -2.18. The average Bonchev–Trinajstić information content (AvgIpc) is 2.64. The third-order valence-electron chi connectivity index (χ3n) is 4.31. The van der Waals surface area contributed by atoms with Crippen molar-refractivity contribution in [2.45, 2.75) is 19.4 Å². The molecule has 0 unspecified atom stereocenters. The maximum Gasteiger partial charge on any atom is 0.274 e. The topological polar surface area (TPSA) is 88.6 Å². The van der Waals surface area contributed by atoms with E-state index in [1.54, 1.807) is 0 Å². The summed E-state index contributed by atoms with van der Waals surface area (Å²) in [6.07, 6.45) is 1.24. The number of carbonyl (C=O) groups is 1. The van der Waals surface area contributed by atoms with E-state index < -0.39 is 27.6 Å². The predicted molar refractivity (Wildman–Crippen MR) is 106 cm³/mol. The summed E-state index contributed by atoms with van der Waals surface area (Å²) in [5.74, 6) is -1.98. The Labute approximate surface area is 175 Å². The van der Waals surface area contributed by atoms with Crippen LogP contribution in [-0.4, -0.2) is 38.7 Å². The number of carbonyl (C=O) groups excluding carboxylic acids is 1. The van der Waals surface area contributed by atoms with Crippen molar-refractivity contribution in [3.8, 4) is 5.75 Å². The number of methoxy groups -OCH3 is 1. The zero-order valence-electron chi connectivity index (χ0n) is 15.4. The molecule has 1 saturated heterocycles. The molecule has 2 heterocycles. The molecule has 2 aromatic rings. The van der Waals surface area contributed by atoms with Crippen LogP contribution >= 0.6 is 15.9 Å². The molecular weight excluding hydrogens is 472 g/mol. The van der Waals surface area contributed by atoms with Crippen LogP contribution in [0, 0.1) is 11.6 Å². The van der Waals surface area contributed by atoms with Crippen LogP contribution < -0.4 is 14.4 Å². The number of nitrogens with one attached hydrogen (secondary N) is 1. The first-order valence-electron chi connectivity index (χ1n) is 8.69. The minimum absolute atomic E-state index is 0.00495. The maximum atomic E-state index is 13.3. The maximum absolute atomic E-state index is 13.3. The van der Waals surface area contributed by atoms with Gasteiger partial charge in [0.25, 0.3) is 5.91 Å². The van der Waals surface area contributed by atoms with Crippen molar-refractivity contribution in [1.82, 2.24) is 10.3 Å². The van der Waals surface area contributed by atoms with Crippen molar-refractivity contribution in [3.05, 3.63) is 51.6 Å². The van der Waals surface area contributed by atoms with Gasteiger partial charge in [-0.3, -0.25) is 9.10 Å². The van der Waals surface area contributed by atoms with Crippen molar-refractivity contribution < 1.29 is 26.7 Å². The molecule has 0 bridgehead atoms. The minimum atomic E-state index is -3.53. The van der Waals surface area contributed by atoms with Crippen LogP contribution in [-0.2, 0) is 16.6 Å². The van der Waals surface area contributed by atoms with Gasteiger partial charge in [-0.15, -0.1) is 0 Å². The Balaban J connectivity index is 1.90. The predicted octanol–water partition coefficient (Wildman–Crippen LogP) is 2.99. The average molecular weight is 490 g/mol. The van der Waals surface area contributed by atoms with E-state index in [1.165, 1.54) is 17.5 Å². The third-order valence-corrected chi connectivity index (χ3v) is 6.75. The standard InChI is InChI=1S/C18H18BrF2N3O4S/c1-28-17-14(19)9-15(24-4-2-3-5-29(24,26)27)23-16(17)18(25)22-10-11-6-12(20)8-13(21)7-11/h6-9H,2-5,10H2,1H3,(H,22,25). The van der Waals surface area contributed by atoms with Gasteiger partial charge in [0.1, 0.15) is 17.5 Å². The number of rotatable bonds is 5. The Morgan fingerprint density at radius 2 is 1.93 bits per heavy atom. The summed E-state index contributed by atoms with van der Waals surface area (Å²) in [5.41, 5.74) is 0.0816. The van der Waals surface area contributed by atoms with Crippen LogP contribution in [0.5, 0.6) is 5.75 Å². The zero-order valence-corrected chi connectivity index (χ0v) is 17.8. The fourth-order valence-electron chi connectivity index (χ4n) is 2.99. The summed E-state index contributed by atoms with van der Waals surface area (Å²) in [6.45, 7) is 0.111. The van der Waals surface area contributed by atoms with Crippen molar-refractivity contribution in [3.63, 3.8) is 0 Å². The van der Waals surface area contributed by atoms with Gasteiger partial charge in [-0.2, -0.15) is 0 Å². The van der Waals surface area contributed by atoms with Gasteiger partial charge in [-0.1, -0.05) is 0 Å². The second-order valence-electron chi connectivity index (χ2n) is 6.40. The first-order chi connectivity index (χ1) is 13.7. The van der Waals surface area contributed by atoms with E-state index in [2.05, 4.69) is 26.2 Å². The number of pyridine rings is 1. The van der Waals surface area contributed by atoms with Crippen molar-refractivity contribution in [2.75, 3.05) is 23.7 Å². The van der Waals surface area contributed by atoms with Gasteiger partial charge in [0.05, 0.1) is 17.3 Å². The summed E-state index contributed by atoms with van der Waals surface area (Å²) in [4.78, 5) is 16.9. The number of hydrogen-bond donors (Lipinski definition) is 1. The number of halogens is 3. The zero-order chi connectivity index (χ0) is 21.2. The molecule has 1 aromatic heterocycles. The van der Waals surface area contributed by atoms with Crippen LogP contribution in [0.2, 0.25) is 0 Å². The van der Waals surface area contributed by atoms with Crippen LogP contribution in [0.15, 0.2) is 28.7 Å². The van der Waals surface area contributed by atoms with E-state index in [0.717, 1.165) is 18.2 Å². The molecule has 0 radical (unpaired) electrons. The van der Waals surface area contributed by atoms with E-state index in [0.29, 0.717) is 17.3 Å². The molecule has 1 amide bonds. The first-order valence-corrected chi connectivity index (χ1v) is 11.1. The van der Waals surface area contributed by atoms with Gasteiger partial charge < -0.3 is 10.1 Å². The third kappa shape index (κ3) is 4.84. The monoisotopic (exact) mass is 489 g/mol.